The standard InChI is InChI=1S/C22H18F3N5O/c1-13-18(12-19(31)27-17-10-6-9-16(11-17)22(23,24)25)14(2)30-21(26-13)28-20(29-30)15-7-4-3-5-8-15/h3-11H,12H2,1-2H3,(H,27,31). The Morgan fingerprint density at radius 2 is 1.77 bits per heavy atom. The third kappa shape index (κ3) is 4.25. The summed E-state index contributed by atoms with van der Waals surface area (Å²) < 4.78 is 40.3. The van der Waals surface area contributed by atoms with Crippen LogP contribution >= 0.6 is 0 Å². The summed E-state index contributed by atoms with van der Waals surface area (Å²) in [5, 5.41) is 7.02. The fourth-order valence-corrected chi connectivity index (χ4v) is 3.31. The first-order valence-corrected chi connectivity index (χ1v) is 9.48. The van der Waals surface area contributed by atoms with Crippen molar-refractivity contribution in [2.75, 3.05) is 5.32 Å². The van der Waals surface area contributed by atoms with Gasteiger partial charge in [-0.3, -0.25) is 4.79 Å². The fraction of sp³-hybridized carbons (Fsp3) is 0.182. The Morgan fingerprint density at radius 1 is 1.03 bits per heavy atom. The van der Waals surface area contributed by atoms with E-state index in [1.165, 1.54) is 12.1 Å². The molecule has 4 aromatic rings. The summed E-state index contributed by atoms with van der Waals surface area (Å²) in [6, 6.07) is 14.0. The summed E-state index contributed by atoms with van der Waals surface area (Å²) in [4.78, 5) is 21.5. The minimum Gasteiger partial charge on any atom is -0.326 e. The van der Waals surface area contributed by atoms with Crippen molar-refractivity contribution >= 4 is 17.4 Å². The van der Waals surface area contributed by atoms with Crippen molar-refractivity contribution in [2.45, 2.75) is 26.4 Å². The predicted octanol–water partition coefficient (Wildman–Crippen LogP) is 4.61. The van der Waals surface area contributed by atoms with Crippen LogP contribution < -0.4 is 5.32 Å². The summed E-state index contributed by atoms with van der Waals surface area (Å²) in [7, 11) is 0. The topological polar surface area (TPSA) is 72.2 Å². The number of fused-ring (bicyclic) bond motifs is 1. The van der Waals surface area contributed by atoms with Crippen molar-refractivity contribution in [2.24, 2.45) is 0 Å². The molecule has 4 rings (SSSR count). The van der Waals surface area contributed by atoms with Crippen LogP contribution in [0.4, 0.5) is 18.9 Å². The maximum atomic E-state index is 12.9. The average Bonchev–Trinajstić information content (AvgIpc) is 3.15. The van der Waals surface area contributed by atoms with Crippen molar-refractivity contribution in [1.82, 2.24) is 19.6 Å². The van der Waals surface area contributed by atoms with Crippen LogP contribution in [0, 0.1) is 13.8 Å². The molecule has 158 valence electrons. The number of nitrogens with zero attached hydrogens (tertiary/aromatic N) is 4. The molecule has 0 atom stereocenters. The Bertz CT molecular complexity index is 1270. The number of hydrogen-bond donors (Lipinski definition) is 1. The minimum atomic E-state index is -4.48. The number of anilines is 1. The van der Waals surface area contributed by atoms with Gasteiger partial charge in [0.2, 0.25) is 5.91 Å². The summed E-state index contributed by atoms with van der Waals surface area (Å²) in [6.45, 7) is 3.56. The number of rotatable bonds is 4. The molecule has 0 aliphatic carbocycles. The molecular weight excluding hydrogens is 407 g/mol. The number of carbonyl (C=O) groups is 1. The van der Waals surface area contributed by atoms with Gasteiger partial charge in [0.05, 0.1) is 12.0 Å². The number of hydrogen-bond acceptors (Lipinski definition) is 4. The highest BCUT2D eigenvalue weighted by Gasteiger charge is 2.30. The fourth-order valence-electron chi connectivity index (χ4n) is 3.31. The molecule has 0 bridgehead atoms. The van der Waals surface area contributed by atoms with Crippen molar-refractivity contribution in [3.8, 4) is 11.4 Å². The first-order chi connectivity index (χ1) is 14.7. The first-order valence-electron chi connectivity index (χ1n) is 9.48. The van der Waals surface area contributed by atoms with Crippen LogP contribution in [-0.2, 0) is 17.4 Å². The minimum absolute atomic E-state index is 0.0582. The maximum Gasteiger partial charge on any atom is 0.416 e. The number of nitrogens with one attached hydrogen (secondary N) is 1. The van der Waals surface area contributed by atoms with Gasteiger partial charge in [-0.15, -0.1) is 5.10 Å². The van der Waals surface area contributed by atoms with E-state index >= 15 is 0 Å². The van der Waals surface area contributed by atoms with Crippen LogP contribution in [0.1, 0.15) is 22.5 Å². The predicted molar refractivity (Wildman–Crippen MR) is 109 cm³/mol. The number of benzene rings is 2. The molecular formula is C22H18F3N5O. The number of aryl methyl sites for hydroxylation is 2. The molecule has 0 spiro atoms. The van der Waals surface area contributed by atoms with Gasteiger partial charge in [0.1, 0.15) is 0 Å². The van der Waals surface area contributed by atoms with Gasteiger partial charge in [0.25, 0.3) is 5.78 Å². The largest absolute Gasteiger partial charge is 0.416 e. The van der Waals surface area contributed by atoms with Gasteiger partial charge in [0.15, 0.2) is 5.82 Å². The average molecular weight is 425 g/mol. The number of carbonyl (C=O) groups excluding carboxylic acids is 1. The van der Waals surface area contributed by atoms with Crippen molar-refractivity contribution in [3.63, 3.8) is 0 Å². The summed E-state index contributed by atoms with van der Waals surface area (Å²) in [6.07, 6.45) is -4.54. The lowest BCUT2D eigenvalue weighted by Gasteiger charge is -2.12. The van der Waals surface area contributed by atoms with Crippen molar-refractivity contribution in [1.29, 1.82) is 0 Å². The van der Waals surface area contributed by atoms with Crippen LogP contribution in [0.5, 0.6) is 0 Å². The van der Waals surface area contributed by atoms with Gasteiger partial charge in [-0.1, -0.05) is 36.4 Å². The highest BCUT2D eigenvalue weighted by molar-refractivity contribution is 5.92. The molecule has 1 N–H and O–H groups in total. The highest BCUT2D eigenvalue weighted by atomic mass is 19.4. The molecule has 0 aliphatic heterocycles. The summed E-state index contributed by atoms with van der Waals surface area (Å²) in [5.41, 5.74) is 2.04. The molecule has 6 nitrogen and oxygen atoms in total. The molecule has 0 aliphatic rings. The zero-order valence-corrected chi connectivity index (χ0v) is 16.7. The van der Waals surface area contributed by atoms with Crippen molar-refractivity contribution in [3.05, 3.63) is 77.1 Å². The lowest BCUT2D eigenvalue weighted by Crippen LogP contribution is -2.18. The number of alkyl halides is 3. The SMILES string of the molecule is Cc1nc2nc(-c3ccccc3)nn2c(C)c1CC(=O)Nc1cccc(C(F)(F)F)c1. The third-order valence-electron chi connectivity index (χ3n) is 4.89. The van der Waals surface area contributed by atoms with Crippen LogP contribution in [0.2, 0.25) is 0 Å². The Balaban J connectivity index is 1.60. The molecule has 2 aromatic heterocycles. The van der Waals surface area contributed by atoms with E-state index in [2.05, 4.69) is 20.4 Å². The molecule has 0 radical (unpaired) electrons. The molecule has 1 amide bonds. The monoisotopic (exact) mass is 425 g/mol. The van der Waals surface area contributed by atoms with Gasteiger partial charge >= 0.3 is 6.18 Å². The Hall–Kier alpha value is -3.75. The Morgan fingerprint density at radius 3 is 2.48 bits per heavy atom. The quantitative estimate of drug-likeness (QED) is 0.518. The van der Waals surface area contributed by atoms with E-state index in [1.807, 2.05) is 30.3 Å². The molecule has 0 unspecified atom stereocenters. The molecule has 2 aromatic carbocycles. The van der Waals surface area contributed by atoms with Crippen LogP contribution in [0.15, 0.2) is 54.6 Å². The lowest BCUT2D eigenvalue weighted by atomic mass is 10.1. The summed E-state index contributed by atoms with van der Waals surface area (Å²) >= 11 is 0. The Kier molecular flexibility index (Phi) is 5.18. The molecule has 9 heteroatoms. The zero-order valence-electron chi connectivity index (χ0n) is 16.7. The van der Waals surface area contributed by atoms with Crippen LogP contribution in [0.25, 0.3) is 17.2 Å². The summed E-state index contributed by atoms with van der Waals surface area (Å²) in [5.74, 6) is 0.479. The van der Waals surface area contributed by atoms with E-state index in [1.54, 1.807) is 18.4 Å². The number of halogens is 3. The van der Waals surface area contributed by atoms with Crippen LogP contribution in [0.3, 0.4) is 0 Å². The highest BCUT2D eigenvalue weighted by Crippen LogP contribution is 2.30. The van der Waals surface area contributed by atoms with Gasteiger partial charge in [-0.2, -0.15) is 18.2 Å². The second-order valence-electron chi connectivity index (χ2n) is 7.08. The maximum absolute atomic E-state index is 12.9. The lowest BCUT2D eigenvalue weighted by molar-refractivity contribution is -0.137. The van der Waals surface area contributed by atoms with Crippen molar-refractivity contribution < 1.29 is 18.0 Å². The van der Waals surface area contributed by atoms with E-state index in [-0.39, 0.29) is 12.1 Å². The molecule has 0 saturated carbocycles. The molecule has 31 heavy (non-hydrogen) atoms. The van der Waals surface area contributed by atoms with E-state index < -0.39 is 17.6 Å². The van der Waals surface area contributed by atoms with E-state index in [4.69, 9.17) is 0 Å². The molecule has 0 saturated heterocycles. The van der Waals surface area contributed by atoms with Gasteiger partial charge in [-0.25, -0.2) is 9.50 Å². The number of amides is 1. The van der Waals surface area contributed by atoms with Gasteiger partial charge in [-0.05, 0) is 32.0 Å². The normalized spacial score (nSPS) is 11.6. The van der Waals surface area contributed by atoms with Crippen LogP contribution in [-0.4, -0.2) is 25.5 Å². The van der Waals surface area contributed by atoms with E-state index in [0.29, 0.717) is 28.6 Å². The zero-order chi connectivity index (χ0) is 22.2. The Labute approximate surface area is 175 Å². The van der Waals surface area contributed by atoms with E-state index in [0.717, 1.165) is 17.7 Å². The van der Waals surface area contributed by atoms with E-state index in [9.17, 15) is 18.0 Å². The third-order valence-corrected chi connectivity index (χ3v) is 4.89. The van der Waals surface area contributed by atoms with Gasteiger partial charge in [0, 0.05) is 28.2 Å². The smallest absolute Gasteiger partial charge is 0.326 e. The molecule has 2 heterocycles. The number of aromatic nitrogens is 4. The van der Waals surface area contributed by atoms with Gasteiger partial charge < -0.3 is 5.32 Å². The second-order valence-corrected chi connectivity index (χ2v) is 7.08. The first kappa shape index (κ1) is 20.5. The molecule has 0 fully saturated rings. The second kappa shape index (κ2) is 7.82.